The minimum atomic E-state index is -0.108. The maximum atomic E-state index is 13.2. The molecule has 1 aliphatic heterocycles. The molecule has 1 aliphatic rings. The number of pyridine rings is 1. The number of piperazine rings is 1. The molecule has 0 radical (unpaired) electrons. The van der Waals surface area contributed by atoms with Crippen LogP contribution in [0.1, 0.15) is 27.9 Å². The van der Waals surface area contributed by atoms with Crippen molar-refractivity contribution in [1.82, 2.24) is 20.2 Å². The number of aromatic nitrogens is 2. The first-order chi connectivity index (χ1) is 12.7. The third kappa shape index (κ3) is 3.11. The molecule has 2 aromatic heterocycles. The molecule has 1 saturated heterocycles. The molecular weight excluding hydrogens is 328 g/mol. The molecule has 1 atom stereocenters. The quantitative estimate of drug-likeness (QED) is 0.788. The number of carbonyl (C=O) groups excluding carboxylic acids is 1. The summed E-state index contributed by atoms with van der Waals surface area (Å²) in [5.74, 6) is 0.903. The molecule has 1 fully saturated rings. The van der Waals surface area contributed by atoms with E-state index in [4.69, 9.17) is 4.42 Å². The Balaban J connectivity index is 1.65. The topological polar surface area (TPSA) is 71.3 Å². The Morgan fingerprint density at radius 2 is 2.08 bits per heavy atom. The predicted molar refractivity (Wildman–Crippen MR) is 97.6 cm³/mol. The number of benzene rings is 1. The lowest BCUT2D eigenvalue weighted by Crippen LogP contribution is -2.49. The van der Waals surface area contributed by atoms with E-state index in [1.807, 2.05) is 53.6 Å². The molecule has 4 rings (SSSR count). The summed E-state index contributed by atoms with van der Waals surface area (Å²) in [6.45, 7) is 3.85. The lowest BCUT2D eigenvalue weighted by molar-refractivity contribution is 0.0627. The van der Waals surface area contributed by atoms with E-state index in [1.165, 1.54) is 0 Å². The lowest BCUT2D eigenvalue weighted by atomic mass is 10.0. The summed E-state index contributed by atoms with van der Waals surface area (Å²) in [6, 6.07) is 13.4. The fourth-order valence-corrected chi connectivity index (χ4v) is 3.25. The highest BCUT2D eigenvalue weighted by atomic mass is 16.4. The highest BCUT2D eigenvalue weighted by Gasteiger charge is 2.31. The predicted octanol–water partition coefficient (Wildman–Crippen LogP) is 2.83. The second kappa shape index (κ2) is 7.09. The maximum Gasteiger partial charge on any atom is 0.276 e. The molecule has 3 heterocycles. The first kappa shape index (κ1) is 16.5. The summed E-state index contributed by atoms with van der Waals surface area (Å²) in [5, 5.41) is 3.35. The van der Waals surface area contributed by atoms with Crippen LogP contribution < -0.4 is 5.32 Å². The molecule has 6 heteroatoms. The van der Waals surface area contributed by atoms with Crippen molar-refractivity contribution in [3.63, 3.8) is 0 Å². The SMILES string of the molecule is Cc1oc(-c2ccccc2)nc1C(=O)N1CCNCC1c1cccnc1. The van der Waals surface area contributed by atoms with Crippen molar-refractivity contribution in [2.75, 3.05) is 19.6 Å². The van der Waals surface area contributed by atoms with Crippen molar-refractivity contribution in [2.24, 2.45) is 0 Å². The third-order valence-corrected chi connectivity index (χ3v) is 4.59. The van der Waals surface area contributed by atoms with Crippen LogP contribution >= 0.6 is 0 Å². The van der Waals surface area contributed by atoms with Crippen LogP contribution in [0.3, 0.4) is 0 Å². The average molecular weight is 348 g/mol. The van der Waals surface area contributed by atoms with E-state index in [2.05, 4.69) is 15.3 Å². The van der Waals surface area contributed by atoms with Gasteiger partial charge in [-0.25, -0.2) is 4.98 Å². The second-order valence-electron chi connectivity index (χ2n) is 6.29. The summed E-state index contributed by atoms with van der Waals surface area (Å²) in [4.78, 5) is 23.7. The van der Waals surface area contributed by atoms with Crippen LogP contribution in [0.4, 0.5) is 0 Å². The minimum absolute atomic E-state index is 0.0683. The van der Waals surface area contributed by atoms with Crippen molar-refractivity contribution in [3.05, 3.63) is 71.9 Å². The molecule has 3 aromatic rings. The molecule has 1 unspecified atom stereocenters. The maximum absolute atomic E-state index is 13.2. The normalized spacial score (nSPS) is 17.3. The zero-order valence-corrected chi connectivity index (χ0v) is 14.6. The van der Waals surface area contributed by atoms with Crippen molar-refractivity contribution in [2.45, 2.75) is 13.0 Å². The van der Waals surface area contributed by atoms with E-state index in [1.54, 1.807) is 13.1 Å². The van der Waals surface area contributed by atoms with Crippen LogP contribution in [-0.4, -0.2) is 40.4 Å². The van der Waals surface area contributed by atoms with Gasteiger partial charge in [-0.15, -0.1) is 0 Å². The van der Waals surface area contributed by atoms with Crippen LogP contribution in [0.2, 0.25) is 0 Å². The van der Waals surface area contributed by atoms with Gasteiger partial charge in [-0.05, 0) is 30.7 Å². The number of hydrogen-bond donors (Lipinski definition) is 1. The summed E-state index contributed by atoms with van der Waals surface area (Å²) < 4.78 is 5.77. The van der Waals surface area contributed by atoms with Gasteiger partial charge in [0.2, 0.25) is 5.89 Å². The van der Waals surface area contributed by atoms with Gasteiger partial charge in [-0.2, -0.15) is 0 Å². The van der Waals surface area contributed by atoms with Gasteiger partial charge in [-0.3, -0.25) is 9.78 Å². The van der Waals surface area contributed by atoms with Crippen LogP contribution in [0.15, 0.2) is 59.3 Å². The number of oxazole rings is 1. The molecule has 0 saturated carbocycles. The Hall–Kier alpha value is -2.99. The molecule has 1 N–H and O–H groups in total. The average Bonchev–Trinajstić information content (AvgIpc) is 3.10. The first-order valence-electron chi connectivity index (χ1n) is 8.68. The van der Waals surface area contributed by atoms with Crippen molar-refractivity contribution >= 4 is 5.91 Å². The van der Waals surface area contributed by atoms with Crippen LogP contribution in [-0.2, 0) is 0 Å². The first-order valence-corrected chi connectivity index (χ1v) is 8.68. The van der Waals surface area contributed by atoms with E-state index in [0.29, 0.717) is 30.4 Å². The van der Waals surface area contributed by atoms with Gasteiger partial charge in [-0.1, -0.05) is 24.3 Å². The molecule has 0 spiro atoms. The van der Waals surface area contributed by atoms with Crippen molar-refractivity contribution in [1.29, 1.82) is 0 Å². The summed E-state index contributed by atoms with van der Waals surface area (Å²) in [7, 11) is 0. The molecule has 0 aliphatic carbocycles. The number of nitrogens with zero attached hydrogens (tertiary/aromatic N) is 3. The number of hydrogen-bond acceptors (Lipinski definition) is 5. The molecular formula is C20H20N4O2. The zero-order valence-electron chi connectivity index (χ0n) is 14.6. The van der Waals surface area contributed by atoms with Gasteiger partial charge in [0.25, 0.3) is 5.91 Å². The number of aryl methyl sites for hydroxylation is 1. The molecule has 0 bridgehead atoms. The second-order valence-corrected chi connectivity index (χ2v) is 6.29. The third-order valence-electron chi connectivity index (χ3n) is 4.59. The Kier molecular flexibility index (Phi) is 4.50. The van der Waals surface area contributed by atoms with Crippen LogP contribution in [0, 0.1) is 6.92 Å². The zero-order chi connectivity index (χ0) is 17.9. The van der Waals surface area contributed by atoms with Gasteiger partial charge >= 0.3 is 0 Å². The Labute approximate surface area is 151 Å². The van der Waals surface area contributed by atoms with Crippen LogP contribution in [0.25, 0.3) is 11.5 Å². The fraction of sp³-hybridized carbons (Fsp3) is 0.250. The van der Waals surface area contributed by atoms with E-state index in [9.17, 15) is 4.79 Å². The van der Waals surface area contributed by atoms with Gasteiger partial charge in [0.05, 0.1) is 6.04 Å². The standard InChI is InChI=1S/C20H20N4O2/c1-14-18(23-19(26-14)15-6-3-2-4-7-15)20(25)24-11-10-22-13-17(24)16-8-5-9-21-12-16/h2-9,12,17,22H,10-11,13H2,1H3. The van der Waals surface area contributed by atoms with E-state index >= 15 is 0 Å². The molecule has 26 heavy (non-hydrogen) atoms. The molecule has 1 amide bonds. The summed E-state index contributed by atoms with van der Waals surface area (Å²) >= 11 is 0. The number of rotatable bonds is 3. The van der Waals surface area contributed by atoms with Gasteiger partial charge in [0, 0.05) is 37.6 Å². The minimum Gasteiger partial charge on any atom is -0.441 e. The smallest absolute Gasteiger partial charge is 0.276 e. The molecule has 6 nitrogen and oxygen atoms in total. The fourth-order valence-electron chi connectivity index (χ4n) is 3.25. The highest BCUT2D eigenvalue weighted by Crippen LogP contribution is 2.27. The Bertz CT molecular complexity index is 893. The number of amides is 1. The van der Waals surface area contributed by atoms with Crippen molar-refractivity contribution < 1.29 is 9.21 Å². The van der Waals surface area contributed by atoms with Gasteiger partial charge in [0.1, 0.15) is 5.76 Å². The van der Waals surface area contributed by atoms with E-state index in [0.717, 1.165) is 17.7 Å². The summed E-state index contributed by atoms with van der Waals surface area (Å²) in [5.41, 5.74) is 2.25. The molecule has 1 aromatic carbocycles. The van der Waals surface area contributed by atoms with E-state index in [-0.39, 0.29) is 11.9 Å². The lowest BCUT2D eigenvalue weighted by Gasteiger charge is -2.36. The number of carbonyl (C=O) groups is 1. The summed E-state index contributed by atoms with van der Waals surface area (Å²) in [6.07, 6.45) is 3.54. The van der Waals surface area contributed by atoms with E-state index < -0.39 is 0 Å². The van der Waals surface area contributed by atoms with Crippen molar-refractivity contribution in [3.8, 4) is 11.5 Å². The Morgan fingerprint density at radius 3 is 2.85 bits per heavy atom. The highest BCUT2D eigenvalue weighted by molar-refractivity contribution is 5.94. The monoisotopic (exact) mass is 348 g/mol. The number of nitrogens with one attached hydrogen (secondary N) is 1. The molecule has 132 valence electrons. The van der Waals surface area contributed by atoms with Gasteiger partial charge < -0.3 is 14.6 Å². The van der Waals surface area contributed by atoms with Gasteiger partial charge in [0.15, 0.2) is 5.69 Å². The Morgan fingerprint density at radius 1 is 1.23 bits per heavy atom. The largest absolute Gasteiger partial charge is 0.441 e. The van der Waals surface area contributed by atoms with Crippen LogP contribution in [0.5, 0.6) is 0 Å².